The number of carbonyl (C=O) groups excluding carboxylic acids is 2. The smallest absolute Gasteiger partial charge is 0.237 e. The molecule has 1 saturated heterocycles. The first-order chi connectivity index (χ1) is 9.67. The molecule has 5 nitrogen and oxygen atoms in total. The van der Waals surface area contributed by atoms with Crippen LogP contribution in [0.15, 0.2) is 24.3 Å². The highest BCUT2D eigenvalue weighted by Gasteiger charge is 2.34. The molecule has 5 heteroatoms. The summed E-state index contributed by atoms with van der Waals surface area (Å²) in [7, 11) is 1.58. The van der Waals surface area contributed by atoms with Crippen LogP contribution in [0, 0.1) is 17.2 Å². The van der Waals surface area contributed by atoms with Crippen molar-refractivity contribution < 1.29 is 14.3 Å². The summed E-state index contributed by atoms with van der Waals surface area (Å²) in [6, 6.07) is 8.98. The van der Waals surface area contributed by atoms with Crippen LogP contribution < -0.4 is 9.64 Å². The van der Waals surface area contributed by atoms with Crippen LogP contribution in [0.25, 0.3) is 0 Å². The summed E-state index contributed by atoms with van der Waals surface area (Å²) in [5.41, 5.74) is 0.755. The molecule has 2 rings (SSSR count). The molecule has 0 aromatic heterocycles. The lowest BCUT2D eigenvalue weighted by Crippen LogP contribution is -2.44. The van der Waals surface area contributed by atoms with E-state index in [1.165, 1.54) is 0 Å². The van der Waals surface area contributed by atoms with E-state index in [1.807, 2.05) is 6.07 Å². The van der Waals surface area contributed by atoms with E-state index in [9.17, 15) is 9.59 Å². The minimum Gasteiger partial charge on any atom is -0.497 e. The van der Waals surface area contributed by atoms with Gasteiger partial charge in [-0.05, 0) is 37.1 Å². The van der Waals surface area contributed by atoms with Crippen molar-refractivity contribution in [2.45, 2.75) is 19.3 Å². The Kier molecular flexibility index (Phi) is 4.36. The molecule has 104 valence electrons. The van der Waals surface area contributed by atoms with E-state index in [-0.39, 0.29) is 18.1 Å². The van der Waals surface area contributed by atoms with Gasteiger partial charge in [-0.3, -0.25) is 9.59 Å². The Morgan fingerprint density at radius 1 is 1.45 bits per heavy atom. The quantitative estimate of drug-likeness (QED) is 0.785. The molecule has 1 amide bonds. The number of hydrogen-bond donors (Lipinski definition) is 0. The average molecular weight is 272 g/mol. The van der Waals surface area contributed by atoms with E-state index in [0.29, 0.717) is 13.0 Å². The lowest BCUT2D eigenvalue weighted by Gasteiger charge is -2.31. The zero-order valence-corrected chi connectivity index (χ0v) is 11.3. The number of carbonyl (C=O) groups is 2. The molecule has 0 radical (unpaired) electrons. The number of ketones is 1. The standard InChI is InChI=1S/C15H16N2O3/c1-20-12-6-4-11(5-7-12)17-10-2-3-13(15(17)19)14(18)8-9-16/h4-7,13H,2-3,8,10H2,1H3/t13-/m0/s1. The third-order valence-electron chi connectivity index (χ3n) is 3.46. The number of nitriles is 1. The molecule has 0 spiro atoms. The van der Waals surface area contributed by atoms with Gasteiger partial charge in [0, 0.05) is 12.2 Å². The van der Waals surface area contributed by atoms with Crippen molar-refractivity contribution in [1.29, 1.82) is 5.26 Å². The topological polar surface area (TPSA) is 70.4 Å². The minimum atomic E-state index is -0.675. The maximum atomic E-state index is 12.4. The van der Waals surface area contributed by atoms with Gasteiger partial charge in [0.05, 0.1) is 25.5 Å². The first kappa shape index (κ1) is 14.1. The summed E-state index contributed by atoms with van der Waals surface area (Å²) in [6.07, 6.45) is 1.10. The van der Waals surface area contributed by atoms with Gasteiger partial charge >= 0.3 is 0 Å². The van der Waals surface area contributed by atoms with Crippen LogP contribution in [-0.4, -0.2) is 25.3 Å². The van der Waals surface area contributed by atoms with Gasteiger partial charge in [0.1, 0.15) is 5.75 Å². The number of benzene rings is 1. The van der Waals surface area contributed by atoms with Crippen LogP contribution in [0.2, 0.25) is 0 Å². The van der Waals surface area contributed by atoms with Gasteiger partial charge < -0.3 is 9.64 Å². The number of anilines is 1. The van der Waals surface area contributed by atoms with Crippen molar-refractivity contribution in [2.75, 3.05) is 18.6 Å². The Morgan fingerprint density at radius 2 is 2.15 bits per heavy atom. The molecule has 1 atom stereocenters. The van der Waals surface area contributed by atoms with Crippen LogP contribution in [0.4, 0.5) is 5.69 Å². The second-order valence-corrected chi connectivity index (χ2v) is 4.68. The molecule has 0 bridgehead atoms. The molecule has 1 heterocycles. The summed E-state index contributed by atoms with van der Waals surface area (Å²) in [6.45, 7) is 0.599. The van der Waals surface area contributed by atoms with Crippen LogP contribution in [0.3, 0.4) is 0 Å². The number of ether oxygens (including phenoxy) is 1. The van der Waals surface area contributed by atoms with Crippen LogP contribution >= 0.6 is 0 Å². The maximum absolute atomic E-state index is 12.4. The normalized spacial score (nSPS) is 18.5. The fourth-order valence-electron chi connectivity index (χ4n) is 2.39. The highest BCUT2D eigenvalue weighted by atomic mass is 16.5. The molecule has 1 aromatic rings. The monoisotopic (exact) mass is 272 g/mol. The number of rotatable bonds is 4. The molecule has 1 aromatic carbocycles. The van der Waals surface area contributed by atoms with Gasteiger partial charge in [0.2, 0.25) is 5.91 Å². The average Bonchev–Trinajstić information content (AvgIpc) is 2.48. The van der Waals surface area contributed by atoms with Crippen molar-refractivity contribution in [2.24, 2.45) is 5.92 Å². The van der Waals surface area contributed by atoms with Gasteiger partial charge in [-0.1, -0.05) is 0 Å². The van der Waals surface area contributed by atoms with Crippen LogP contribution in [-0.2, 0) is 9.59 Å². The van der Waals surface area contributed by atoms with Crippen molar-refractivity contribution >= 4 is 17.4 Å². The van der Waals surface area contributed by atoms with Gasteiger partial charge in [0.25, 0.3) is 0 Å². The first-order valence-electron chi connectivity index (χ1n) is 6.52. The summed E-state index contributed by atoms with van der Waals surface area (Å²) in [4.78, 5) is 25.8. The summed E-state index contributed by atoms with van der Waals surface area (Å²) >= 11 is 0. The molecule has 1 fully saturated rings. The Bertz CT molecular complexity index is 545. The summed E-state index contributed by atoms with van der Waals surface area (Å²) in [5.74, 6) is -0.446. The molecule has 20 heavy (non-hydrogen) atoms. The largest absolute Gasteiger partial charge is 0.497 e. The minimum absolute atomic E-state index is 0.202. The zero-order valence-electron chi connectivity index (χ0n) is 11.3. The Labute approximate surface area is 117 Å². The highest BCUT2D eigenvalue weighted by Crippen LogP contribution is 2.27. The molecular weight excluding hydrogens is 256 g/mol. The Balaban J connectivity index is 2.17. The van der Waals surface area contributed by atoms with E-state index in [4.69, 9.17) is 10.00 Å². The first-order valence-corrected chi connectivity index (χ1v) is 6.52. The van der Waals surface area contributed by atoms with Gasteiger partial charge in [-0.25, -0.2) is 0 Å². The van der Waals surface area contributed by atoms with Crippen LogP contribution in [0.5, 0.6) is 5.75 Å². The van der Waals surface area contributed by atoms with E-state index in [2.05, 4.69) is 0 Å². The SMILES string of the molecule is COc1ccc(N2CCC[C@@H](C(=O)CC#N)C2=O)cc1. The fourth-order valence-corrected chi connectivity index (χ4v) is 2.39. The number of methoxy groups -OCH3 is 1. The van der Waals surface area contributed by atoms with E-state index in [1.54, 1.807) is 36.3 Å². The molecule has 1 aliphatic heterocycles. The molecule has 1 aliphatic rings. The number of piperidine rings is 1. The van der Waals surface area contributed by atoms with Gasteiger partial charge in [-0.15, -0.1) is 0 Å². The molecule has 0 saturated carbocycles. The second-order valence-electron chi connectivity index (χ2n) is 4.68. The van der Waals surface area contributed by atoms with E-state index >= 15 is 0 Å². The van der Waals surface area contributed by atoms with E-state index < -0.39 is 5.92 Å². The Morgan fingerprint density at radius 3 is 2.75 bits per heavy atom. The van der Waals surface area contributed by atoms with Crippen molar-refractivity contribution in [1.82, 2.24) is 0 Å². The number of Topliss-reactive ketones (excluding diaryl/α,β-unsaturated/α-hetero) is 1. The number of nitrogens with zero attached hydrogens (tertiary/aromatic N) is 2. The van der Waals surface area contributed by atoms with Crippen molar-refractivity contribution in [3.63, 3.8) is 0 Å². The Hall–Kier alpha value is -2.35. The van der Waals surface area contributed by atoms with Crippen molar-refractivity contribution in [3.05, 3.63) is 24.3 Å². The lowest BCUT2D eigenvalue weighted by atomic mass is 9.91. The fraction of sp³-hybridized carbons (Fsp3) is 0.400. The molecule has 0 unspecified atom stereocenters. The zero-order chi connectivity index (χ0) is 14.5. The van der Waals surface area contributed by atoms with Crippen molar-refractivity contribution in [3.8, 4) is 11.8 Å². The molecule has 0 N–H and O–H groups in total. The maximum Gasteiger partial charge on any atom is 0.237 e. The third kappa shape index (κ3) is 2.80. The van der Waals surface area contributed by atoms with E-state index in [0.717, 1.165) is 17.9 Å². The highest BCUT2D eigenvalue weighted by molar-refractivity contribution is 6.09. The van der Waals surface area contributed by atoms with Gasteiger partial charge in [0.15, 0.2) is 5.78 Å². The molecular formula is C15H16N2O3. The number of hydrogen-bond acceptors (Lipinski definition) is 4. The van der Waals surface area contributed by atoms with Gasteiger partial charge in [-0.2, -0.15) is 5.26 Å². The lowest BCUT2D eigenvalue weighted by molar-refractivity contribution is -0.133. The second kappa shape index (κ2) is 6.20. The summed E-state index contributed by atoms with van der Waals surface area (Å²) < 4.78 is 5.08. The predicted octanol–water partition coefficient (Wildman–Crippen LogP) is 1.92. The predicted molar refractivity (Wildman–Crippen MR) is 73.3 cm³/mol. The molecule has 0 aliphatic carbocycles. The van der Waals surface area contributed by atoms with Crippen LogP contribution in [0.1, 0.15) is 19.3 Å². The third-order valence-corrected chi connectivity index (χ3v) is 3.46. The number of amides is 1. The summed E-state index contributed by atoms with van der Waals surface area (Å²) in [5, 5.41) is 8.58.